The quantitative estimate of drug-likeness (QED) is 0.316. The molecule has 0 saturated carbocycles. The minimum absolute atomic E-state index is 0. The molecule has 0 aliphatic carbocycles. The van der Waals surface area contributed by atoms with Crippen LogP contribution in [-0.2, 0) is 11.3 Å². The van der Waals surface area contributed by atoms with Crippen LogP contribution in [0.5, 0.6) is 0 Å². The maximum absolute atomic E-state index is 5.65. The zero-order chi connectivity index (χ0) is 21.3. The van der Waals surface area contributed by atoms with E-state index in [-0.39, 0.29) is 36.1 Å². The third kappa shape index (κ3) is 7.64. The Morgan fingerprint density at radius 3 is 2.74 bits per heavy atom. The van der Waals surface area contributed by atoms with Gasteiger partial charge in [-0.25, -0.2) is 9.98 Å². The van der Waals surface area contributed by atoms with Crippen LogP contribution in [0.2, 0.25) is 0 Å². The standard InChI is InChI=1S/C24H35N5O.HI/c1-5-25-24(28-20(4)19(3)22-9-7-6-8-10-22)27-16-21-11-12-26-23(15-21)29-13-14-30-18(2)17-29;/h6-12,15,18-20H,5,13-14,16-17H2,1-4H3,(H2,25,27,28);1H. The van der Waals surface area contributed by atoms with Gasteiger partial charge in [-0.15, -0.1) is 24.0 Å². The highest BCUT2D eigenvalue weighted by Crippen LogP contribution is 2.19. The Morgan fingerprint density at radius 1 is 1.26 bits per heavy atom. The highest BCUT2D eigenvalue weighted by molar-refractivity contribution is 14.0. The second kappa shape index (κ2) is 12.9. The Labute approximate surface area is 203 Å². The topological polar surface area (TPSA) is 61.8 Å². The van der Waals surface area contributed by atoms with E-state index in [0.717, 1.165) is 43.6 Å². The molecular formula is C24H36IN5O. The lowest BCUT2D eigenvalue weighted by molar-refractivity contribution is 0.0529. The van der Waals surface area contributed by atoms with E-state index in [2.05, 4.69) is 84.6 Å². The number of aliphatic imine (C=N–C) groups is 1. The van der Waals surface area contributed by atoms with Crippen molar-refractivity contribution in [3.63, 3.8) is 0 Å². The highest BCUT2D eigenvalue weighted by atomic mass is 127. The summed E-state index contributed by atoms with van der Waals surface area (Å²) in [7, 11) is 0. The van der Waals surface area contributed by atoms with Crippen LogP contribution in [0.4, 0.5) is 5.82 Å². The minimum atomic E-state index is 0. The molecule has 1 aromatic heterocycles. The van der Waals surface area contributed by atoms with Gasteiger partial charge in [0.1, 0.15) is 5.82 Å². The third-order valence-electron chi connectivity index (χ3n) is 5.58. The molecule has 1 aliphatic rings. The number of aromatic nitrogens is 1. The fourth-order valence-electron chi connectivity index (χ4n) is 3.63. The second-order valence-corrected chi connectivity index (χ2v) is 7.98. The zero-order valence-electron chi connectivity index (χ0n) is 19.0. The number of hydrogen-bond acceptors (Lipinski definition) is 4. The Balaban J connectivity index is 0.00000341. The van der Waals surface area contributed by atoms with Crippen LogP contribution < -0.4 is 15.5 Å². The summed E-state index contributed by atoms with van der Waals surface area (Å²) in [5, 5.41) is 6.94. The average molecular weight is 537 g/mol. The number of ether oxygens (including phenoxy) is 1. The summed E-state index contributed by atoms with van der Waals surface area (Å²) in [6.45, 7) is 12.6. The predicted octanol–water partition coefficient (Wildman–Crippen LogP) is 4.17. The summed E-state index contributed by atoms with van der Waals surface area (Å²) in [6.07, 6.45) is 2.11. The van der Waals surface area contributed by atoms with Crippen LogP contribution >= 0.6 is 24.0 Å². The molecule has 3 unspecified atom stereocenters. The van der Waals surface area contributed by atoms with Gasteiger partial charge in [0.25, 0.3) is 0 Å². The normalized spacial score (nSPS) is 18.6. The number of hydrogen-bond donors (Lipinski definition) is 2. The van der Waals surface area contributed by atoms with Crippen molar-refractivity contribution in [1.82, 2.24) is 15.6 Å². The molecule has 2 heterocycles. The lowest BCUT2D eigenvalue weighted by Gasteiger charge is -2.32. The van der Waals surface area contributed by atoms with Crippen molar-refractivity contribution in [2.24, 2.45) is 4.99 Å². The van der Waals surface area contributed by atoms with E-state index in [9.17, 15) is 0 Å². The van der Waals surface area contributed by atoms with Crippen molar-refractivity contribution in [2.45, 2.75) is 52.3 Å². The summed E-state index contributed by atoms with van der Waals surface area (Å²) < 4.78 is 5.65. The molecule has 0 bridgehead atoms. The van der Waals surface area contributed by atoms with Crippen molar-refractivity contribution in [3.05, 3.63) is 59.8 Å². The molecule has 3 atom stereocenters. The van der Waals surface area contributed by atoms with E-state index >= 15 is 0 Å². The molecule has 2 N–H and O–H groups in total. The van der Waals surface area contributed by atoms with E-state index < -0.39 is 0 Å². The zero-order valence-corrected chi connectivity index (χ0v) is 21.4. The molecule has 3 rings (SSSR count). The Hall–Kier alpha value is -1.87. The van der Waals surface area contributed by atoms with Gasteiger partial charge in [-0.05, 0) is 44.0 Å². The van der Waals surface area contributed by atoms with Crippen molar-refractivity contribution in [2.75, 3.05) is 31.1 Å². The van der Waals surface area contributed by atoms with E-state index in [1.807, 2.05) is 12.3 Å². The summed E-state index contributed by atoms with van der Waals surface area (Å²) >= 11 is 0. The molecule has 170 valence electrons. The number of benzene rings is 1. The van der Waals surface area contributed by atoms with Crippen molar-refractivity contribution >= 4 is 35.8 Å². The molecule has 2 aromatic rings. The number of nitrogens with zero attached hydrogens (tertiary/aromatic N) is 3. The summed E-state index contributed by atoms with van der Waals surface area (Å²) in [5.41, 5.74) is 2.48. The molecule has 1 saturated heterocycles. The van der Waals surface area contributed by atoms with E-state index in [4.69, 9.17) is 9.73 Å². The highest BCUT2D eigenvalue weighted by Gasteiger charge is 2.18. The van der Waals surface area contributed by atoms with Crippen molar-refractivity contribution < 1.29 is 4.74 Å². The minimum Gasteiger partial charge on any atom is -0.375 e. The largest absolute Gasteiger partial charge is 0.375 e. The molecule has 1 aromatic carbocycles. The first-order valence-electron chi connectivity index (χ1n) is 11.0. The number of morpholine rings is 1. The van der Waals surface area contributed by atoms with Crippen LogP contribution in [0.1, 0.15) is 44.7 Å². The fourth-order valence-corrected chi connectivity index (χ4v) is 3.63. The number of pyridine rings is 1. The van der Waals surface area contributed by atoms with Crippen LogP contribution in [0.15, 0.2) is 53.7 Å². The molecule has 1 aliphatic heterocycles. The van der Waals surface area contributed by atoms with Crippen molar-refractivity contribution in [3.8, 4) is 0 Å². The van der Waals surface area contributed by atoms with Gasteiger partial charge in [0.05, 0.1) is 19.3 Å². The van der Waals surface area contributed by atoms with Crippen LogP contribution in [-0.4, -0.2) is 49.3 Å². The Bertz CT molecular complexity index is 817. The molecular weight excluding hydrogens is 501 g/mol. The summed E-state index contributed by atoms with van der Waals surface area (Å²) in [6, 6.07) is 15.0. The van der Waals surface area contributed by atoms with E-state index in [1.54, 1.807) is 0 Å². The smallest absolute Gasteiger partial charge is 0.191 e. The van der Waals surface area contributed by atoms with Gasteiger partial charge in [-0.1, -0.05) is 37.3 Å². The lowest BCUT2D eigenvalue weighted by Crippen LogP contribution is -2.44. The number of guanidine groups is 1. The molecule has 31 heavy (non-hydrogen) atoms. The molecule has 0 radical (unpaired) electrons. The SMILES string of the molecule is CCNC(=NCc1ccnc(N2CCOC(C)C2)c1)NC(C)C(C)c1ccccc1.I. The summed E-state index contributed by atoms with van der Waals surface area (Å²) in [4.78, 5) is 11.7. The maximum atomic E-state index is 5.65. The van der Waals surface area contributed by atoms with Gasteiger partial charge < -0.3 is 20.3 Å². The van der Waals surface area contributed by atoms with Gasteiger partial charge in [0, 0.05) is 37.8 Å². The number of anilines is 1. The van der Waals surface area contributed by atoms with Gasteiger partial charge in [-0.3, -0.25) is 0 Å². The molecule has 0 spiro atoms. The molecule has 6 nitrogen and oxygen atoms in total. The number of nitrogens with one attached hydrogen (secondary N) is 2. The third-order valence-corrected chi connectivity index (χ3v) is 5.58. The number of rotatable bonds is 7. The predicted molar refractivity (Wildman–Crippen MR) is 140 cm³/mol. The van der Waals surface area contributed by atoms with Gasteiger partial charge in [0.15, 0.2) is 5.96 Å². The number of halogens is 1. The van der Waals surface area contributed by atoms with Gasteiger partial charge in [0.2, 0.25) is 0 Å². The Morgan fingerprint density at radius 2 is 2.03 bits per heavy atom. The van der Waals surface area contributed by atoms with Gasteiger partial charge >= 0.3 is 0 Å². The molecule has 1 fully saturated rings. The first-order valence-corrected chi connectivity index (χ1v) is 11.0. The van der Waals surface area contributed by atoms with E-state index in [0.29, 0.717) is 12.5 Å². The molecule has 7 heteroatoms. The monoisotopic (exact) mass is 537 g/mol. The molecule has 0 amide bonds. The van der Waals surface area contributed by atoms with Crippen LogP contribution in [0, 0.1) is 0 Å². The first-order chi connectivity index (χ1) is 14.6. The van der Waals surface area contributed by atoms with E-state index in [1.165, 1.54) is 5.56 Å². The second-order valence-electron chi connectivity index (χ2n) is 7.98. The van der Waals surface area contributed by atoms with Gasteiger partial charge in [-0.2, -0.15) is 0 Å². The first kappa shape index (κ1) is 25.4. The van der Waals surface area contributed by atoms with Crippen LogP contribution in [0.3, 0.4) is 0 Å². The average Bonchev–Trinajstić information content (AvgIpc) is 2.78. The fraction of sp³-hybridized carbons (Fsp3) is 0.500. The summed E-state index contributed by atoms with van der Waals surface area (Å²) in [5.74, 6) is 2.22. The Kier molecular flexibility index (Phi) is 10.5. The lowest BCUT2D eigenvalue weighted by atomic mass is 9.94. The van der Waals surface area contributed by atoms with Crippen LogP contribution in [0.25, 0.3) is 0 Å². The maximum Gasteiger partial charge on any atom is 0.191 e. The van der Waals surface area contributed by atoms with Crippen molar-refractivity contribution in [1.29, 1.82) is 0 Å².